The Bertz CT molecular complexity index is 891. The van der Waals surface area contributed by atoms with Crippen molar-refractivity contribution in [3.63, 3.8) is 0 Å². The van der Waals surface area contributed by atoms with Gasteiger partial charge in [0.1, 0.15) is 5.82 Å². The second-order valence-corrected chi connectivity index (χ2v) is 7.25. The normalized spacial score (nSPS) is 18.9. The number of nitrogen functional groups attached to an aromatic ring is 1. The average molecular weight is 360 g/mol. The Hall–Kier alpha value is -2.17. The highest BCUT2D eigenvalue weighted by Gasteiger charge is 2.23. The number of thiazole rings is 1. The molecule has 4 heterocycles. The minimum Gasteiger partial charge on any atom is -0.382 e. The van der Waals surface area contributed by atoms with Crippen LogP contribution in [0.3, 0.4) is 0 Å². The van der Waals surface area contributed by atoms with E-state index in [0.717, 1.165) is 30.3 Å². The van der Waals surface area contributed by atoms with Gasteiger partial charge >= 0.3 is 0 Å². The van der Waals surface area contributed by atoms with Gasteiger partial charge in [-0.05, 0) is 13.8 Å². The molecule has 3 aromatic rings. The van der Waals surface area contributed by atoms with Gasteiger partial charge in [-0.25, -0.2) is 19.6 Å². The lowest BCUT2D eigenvalue weighted by Gasteiger charge is -2.32. The lowest BCUT2D eigenvalue weighted by atomic mass is 10.2. The Labute approximate surface area is 148 Å². The van der Waals surface area contributed by atoms with E-state index in [1.807, 2.05) is 13.8 Å². The lowest BCUT2D eigenvalue weighted by molar-refractivity contribution is -0.0402. The van der Waals surface area contributed by atoms with Gasteiger partial charge in [0, 0.05) is 25.0 Å². The van der Waals surface area contributed by atoms with E-state index < -0.39 is 0 Å². The Balaban J connectivity index is 1.47. The summed E-state index contributed by atoms with van der Waals surface area (Å²) >= 11 is 1.68. The third-order valence-electron chi connectivity index (χ3n) is 4.15. The molecule has 0 bridgehead atoms. The van der Waals surface area contributed by atoms with Crippen LogP contribution in [0.15, 0.2) is 5.38 Å². The van der Waals surface area contributed by atoms with Crippen LogP contribution in [-0.4, -0.2) is 60.6 Å². The van der Waals surface area contributed by atoms with Gasteiger partial charge in [-0.1, -0.05) is 5.21 Å². The van der Waals surface area contributed by atoms with Gasteiger partial charge in [0.15, 0.2) is 17.0 Å². The Morgan fingerprint density at radius 3 is 3.00 bits per heavy atom. The van der Waals surface area contributed by atoms with Gasteiger partial charge in [-0.2, -0.15) is 0 Å². The topological polar surface area (TPSA) is 108 Å². The summed E-state index contributed by atoms with van der Waals surface area (Å²) in [5, 5.41) is 11.5. The van der Waals surface area contributed by atoms with Gasteiger partial charge in [-0.3, -0.25) is 4.90 Å². The van der Waals surface area contributed by atoms with Crippen LogP contribution in [0.1, 0.15) is 16.5 Å². The van der Waals surface area contributed by atoms with Crippen molar-refractivity contribution in [2.75, 3.05) is 25.4 Å². The first-order valence-electron chi connectivity index (χ1n) is 8.17. The maximum Gasteiger partial charge on any atom is 0.184 e. The molecule has 0 aromatic carbocycles. The minimum absolute atomic E-state index is 0.0230. The van der Waals surface area contributed by atoms with E-state index in [0.29, 0.717) is 36.0 Å². The number of fused-ring (bicyclic) bond motifs is 1. The molecule has 4 rings (SSSR count). The van der Waals surface area contributed by atoms with Crippen LogP contribution in [0.4, 0.5) is 5.82 Å². The quantitative estimate of drug-likeness (QED) is 0.727. The van der Waals surface area contributed by atoms with Crippen molar-refractivity contribution in [1.82, 2.24) is 34.8 Å². The Kier molecular flexibility index (Phi) is 4.32. The molecular formula is C15H20N8OS. The van der Waals surface area contributed by atoms with E-state index in [2.05, 4.69) is 35.5 Å². The van der Waals surface area contributed by atoms with E-state index in [4.69, 9.17) is 10.5 Å². The second-order valence-electron chi connectivity index (χ2n) is 6.19. The Morgan fingerprint density at radius 1 is 1.32 bits per heavy atom. The van der Waals surface area contributed by atoms with Crippen molar-refractivity contribution < 1.29 is 4.74 Å². The number of ether oxygens (including phenoxy) is 1. The van der Waals surface area contributed by atoms with Crippen LogP contribution in [0.25, 0.3) is 11.2 Å². The highest BCUT2D eigenvalue weighted by molar-refractivity contribution is 7.09. The first-order valence-corrected chi connectivity index (χ1v) is 9.05. The van der Waals surface area contributed by atoms with Crippen molar-refractivity contribution in [3.05, 3.63) is 21.9 Å². The summed E-state index contributed by atoms with van der Waals surface area (Å²) in [5.74, 6) is 0.970. The largest absolute Gasteiger partial charge is 0.382 e. The first kappa shape index (κ1) is 16.3. The molecule has 1 aliphatic rings. The molecule has 0 spiro atoms. The molecule has 1 saturated heterocycles. The molecule has 1 atom stereocenters. The molecule has 25 heavy (non-hydrogen) atoms. The van der Waals surface area contributed by atoms with Crippen LogP contribution in [-0.2, 0) is 17.8 Å². The zero-order chi connectivity index (χ0) is 17.4. The highest BCUT2D eigenvalue weighted by atomic mass is 32.1. The fourth-order valence-corrected chi connectivity index (χ4v) is 3.65. The fourth-order valence-electron chi connectivity index (χ4n) is 3.05. The Morgan fingerprint density at radius 2 is 2.20 bits per heavy atom. The van der Waals surface area contributed by atoms with Crippen molar-refractivity contribution in [2.45, 2.75) is 33.0 Å². The van der Waals surface area contributed by atoms with Gasteiger partial charge in [0.2, 0.25) is 0 Å². The van der Waals surface area contributed by atoms with E-state index in [-0.39, 0.29) is 6.10 Å². The van der Waals surface area contributed by atoms with Crippen molar-refractivity contribution in [3.8, 4) is 0 Å². The predicted octanol–water partition coefficient (Wildman–Crippen LogP) is 0.778. The highest BCUT2D eigenvalue weighted by Crippen LogP contribution is 2.17. The third kappa shape index (κ3) is 3.46. The van der Waals surface area contributed by atoms with Crippen molar-refractivity contribution in [2.24, 2.45) is 0 Å². The maximum absolute atomic E-state index is 5.91. The summed E-state index contributed by atoms with van der Waals surface area (Å²) in [6, 6.07) is 0. The van der Waals surface area contributed by atoms with E-state index in [1.54, 1.807) is 16.0 Å². The van der Waals surface area contributed by atoms with Gasteiger partial charge in [0.05, 0.1) is 30.0 Å². The van der Waals surface area contributed by atoms with Gasteiger partial charge < -0.3 is 10.5 Å². The molecule has 0 radical (unpaired) electrons. The summed E-state index contributed by atoms with van der Waals surface area (Å²) in [7, 11) is 0. The van der Waals surface area contributed by atoms with Crippen LogP contribution in [0, 0.1) is 13.8 Å². The van der Waals surface area contributed by atoms with Gasteiger partial charge in [0.25, 0.3) is 0 Å². The molecule has 3 aromatic heterocycles. The maximum atomic E-state index is 5.91. The second kappa shape index (κ2) is 6.62. The number of hydrogen-bond acceptors (Lipinski definition) is 9. The summed E-state index contributed by atoms with van der Waals surface area (Å²) < 4.78 is 7.66. The lowest BCUT2D eigenvalue weighted by Crippen LogP contribution is -2.43. The van der Waals surface area contributed by atoms with Gasteiger partial charge in [-0.15, -0.1) is 16.4 Å². The van der Waals surface area contributed by atoms with E-state index in [9.17, 15) is 0 Å². The van der Waals surface area contributed by atoms with Crippen molar-refractivity contribution >= 4 is 28.3 Å². The monoisotopic (exact) mass is 360 g/mol. The van der Waals surface area contributed by atoms with Crippen LogP contribution < -0.4 is 5.73 Å². The molecule has 1 fully saturated rings. The van der Waals surface area contributed by atoms with Crippen LogP contribution >= 0.6 is 11.3 Å². The summed E-state index contributed by atoms with van der Waals surface area (Å²) in [5.41, 5.74) is 8.21. The number of morpholine rings is 1. The summed E-state index contributed by atoms with van der Waals surface area (Å²) in [6.07, 6.45) is 0.0230. The fraction of sp³-hybridized carbons (Fsp3) is 0.533. The number of anilines is 1. The SMILES string of the molecule is Cc1nc(N)c2nnn(CC3CN(Cc4csc(C)n4)CCO3)c2n1. The average Bonchev–Trinajstić information content (AvgIpc) is 3.15. The minimum atomic E-state index is 0.0230. The molecule has 10 heteroatoms. The predicted molar refractivity (Wildman–Crippen MR) is 94.1 cm³/mol. The number of aromatic nitrogens is 6. The number of nitrogens with two attached hydrogens (primary N) is 1. The zero-order valence-corrected chi connectivity index (χ0v) is 15.0. The summed E-state index contributed by atoms with van der Waals surface area (Å²) in [6.45, 7) is 7.67. The molecular weight excluding hydrogens is 340 g/mol. The molecule has 2 N–H and O–H groups in total. The number of hydrogen-bond donors (Lipinski definition) is 1. The zero-order valence-electron chi connectivity index (χ0n) is 14.2. The smallest absolute Gasteiger partial charge is 0.184 e. The van der Waals surface area contributed by atoms with Crippen LogP contribution in [0.2, 0.25) is 0 Å². The molecule has 9 nitrogen and oxygen atoms in total. The molecule has 1 unspecified atom stereocenters. The van der Waals surface area contributed by atoms with E-state index >= 15 is 0 Å². The molecule has 0 aliphatic carbocycles. The number of rotatable bonds is 4. The molecule has 0 amide bonds. The number of aryl methyl sites for hydroxylation is 2. The molecule has 132 valence electrons. The molecule has 0 saturated carbocycles. The third-order valence-corrected chi connectivity index (χ3v) is 4.98. The van der Waals surface area contributed by atoms with Crippen molar-refractivity contribution in [1.29, 1.82) is 0 Å². The number of nitrogens with zero attached hydrogens (tertiary/aromatic N) is 7. The molecule has 1 aliphatic heterocycles. The first-order chi connectivity index (χ1) is 12.1. The van der Waals surface area contributed by atoms with Crippen LogP contribution in [0.5, 0.6) is 0 Å². The standard InChI is InChI=1S/C15H20N8OS/c1-9-17-14(16)13-15(18-9)23(21-20-13)7-12-6-22(3-4-24-12)5-11-8-25-10(2)19-11/h8,12H,3-7H2,1-2H3,(H2,16,17,18). The summed E-state index contributed by atoms with van der Waals surface area (Å²) in [4.78, 5) is 15.4. The van der Waals surface area contributed by atoms with E-state index in [1.165, 1.54) is 0 Å².